The van der Waals surface area contributed by atoms with Gasteiger partial charge >= 0.3 is 0 Å². The highest BCUT2D eigenvalue weighted by Crippen LogP contribution is 2.27. The zero-order valence-corrected chi connectivity index (χ0v) is 12.3. The van der Waals surface area contributed by atoms with Crippen LogP contribution >= 0.6 is 15.9 Å². The molecule has 108 valence electrons. The van der Waals surface area contributed by atoms with Crippen molar-refractivity contribution in [3.05, 3.63) is 64.0 Å². The monoisotopic (exact) mass is 353 g/mol. The number of para-hydroxylation sites is 2. The Hall–Kier alpha value is -1.79. The summed E-state index contributed by atoms with van der Waals surface area (Å²) in [5, 5.41) is 10.1. The first kappa shape index (κ1) is 14.2. The third-order valence-corrected chi connectivity index (χ3v) is 3.54. The zero-order chi connectivity index (χ0) is 15.0. The minimum absolute atomic E-state index is 0.107. The van der Waals surface area contributed by atoms with Gasteiger partial charge in [0.2, 0.25) is 0 Å². The van der Waals surface area contributed by atoms with Crippen molar-refractivity contribution in [3.8, 4) is 0 Å². The van der Waals surface area contributed by atoms with Crippen molar-refractivity contribution in [1.29, 1.82) is 0 Å². The van der Waals surface area contributed by atoms with Gasteiger partial charge in [-0.25, -0.2) is 13.8 Å². The number of aliphatic hydroxyl groups is 1. The molecule has 0 aliphatic heterocycles. The minimum atomic E-state index is -1.37. The molecule has 0 saturated carbocycles. The fraction of sp³-hybridized carbons (Fsp3) is 0.133. The van der Waals surface area contributed by atoms with Gasteiger partial charge in [-0.3, -0.25) is 0 Å². The number of benzene rings is 2. The molecule has 1 heterocycles. The Morgan fingerprint density at radius 2 is 1.86 bits per heavy atom. The van der Waals surface area contributed by atoms with Crippen LogP contribution in [-0.2, 0) is 6.42 Å². The van der Waals surface area contributed by atoms with Gasteiger partial charge < -0.3 is 9.52 Å². The summed E-state index contributed by atoms with van der Waals surface area (Å²) in [4.78, 5) is 4.17. The van der Waals surface area contributed by atoms with E-state index in [9.17, 15) is 13.9 Å². The molecular formula is C15H10BrF2NO2. The van der Waals surface area contributed by atoms with Gasteiger partial charge in [-0.15, -0.1) is 0 Å². The van der Waals surface area contributed by atoms with Crippen LogP contribution in [0.4, 0.5) is 8.78 Å². The van der Waals surface area contributed by atoms with Crippen molar-refractivity contribution >= 4 is 27.0 Å². The molecule has 0 bridgehead atoms. The van der Waals surface area contributed by atoms with Gasteiger partial charge in [0.1, 0.15) is 17.2 Å². The van der Waals surface area contributed by atoms with E-state index >= 15 is 0 Å². The van der Waals surface area contributed by atoms with E-state index in [1.165, 1.54) is 0 Å². The van der Waals surface area contributed by atoms with E-state index in [4.69, 9.17) is 4.42 Å². The van der Waals surface area contributed by atoms with Gasteiger partial charge in [-0.2, -0.15) is 0 Å². The van der Waals surface area contributed by atoms with Crippen LogP contribution in [0.1, 0.15) is 17.6 Å². The van der Waals surface area contributed by atoms with E-state index in [0.29, 0.717) is 11.1 Å². The van der Waals surface area contributed by atoms with Crippen molar-refractivity contribution in [2.75, 3.05) is 0 Å². The lowest BCUT2D eigenvalue weighted by Crippen LogP contribution is -2.07. The second-order valence-electron chi connectivity index (χ2n) is 4.58. The van der Waals surface area contributed by atoms with E-state index in [1.54, 1.807) is 24.3 Å². The van der Waals surface area contributed by atoms with Crippen LogP contribution in [-0.4, -0.2) is 10.1 Å². The van der Waals surface area contributed by atoms with Crippen molar-refractivity contribution < 1.29 is 18.3 Å². The minimum Gasteiger partial charge on any atom is -0.441 e. The third kappa shape index (κ3) is 2.82. The second-order valence-corrected chi connectivity index (χ2v) is 5.49. The van der Waals surface area contributed by atoms with Crippen LogP contribution in [0.25, 0.3) is 11.1 Å². The average Bonchev–Trinajstić information content (AvgIpc) is 2.79. The molecule has 3 aromatic rings. The lowest BCUT2D eigenvalue weighted by atomic mass is 10.1. The van der Waals surface area contributed by atoms with Gasteiger partial charge in [-0.1, -0.05) is 28.1 Å². The van der Waals surface area contributed by atoms with Crippen LogP contribution in [0.3, 0.4) is 0 Å². The summed E-state index contributed by atoms with van der Waals surface area (Å²) in [5.74, 6) is -1.40. The number of hydrogen-bond acceptors (Lipinski definition) is 3. The molecule has 1 atom stereocenters. The maximum Gasteiger partial charge on any atom is 0.198 e. The lowest BCUT2D eigenvalue weighted by molar-refractivity contribution is 0.160. The Bertz CT molecular complexity index is 747. The maximum absolute atomic E-state index is 13.8. The number of halogens is 3. The molecule has 0 fully saturated rings. The lowest BCUT2D eigenvalue weighted by Gasteiger charge is -2.11. The molecule has 1 unspecified atom stereocenters. The molecule has 3 rings (SSSR count). The smallest absolute Gasteiger partial charge is 0.198 e. The normalized spacial score (nSPS) is 12.8. The summed E-state index contributed by atoms with van der Waals surface area (Å²) in [7, 11) is 0. The molecule has 2 aromatic carbocycles. The SMILES string of the molecule is OC(Cc1nc2ccccc2o1)c1c(F)cc(Br)cc1F. The molecule has 0 radical (unpaired) electrons. The van der Waals surface area contributed by atoms with Crippen molar-refractivity contribution in [2.45, 2.75) is 12.5 Å². The molecule has 3 nitrogen and oxygen atoms in total. The number of oxazole rings is 1. The van der Waals surface area contributed by atoms with Gasteiger partial charge in [-0.05, 0) is 24.3 Å². The fourth-order valence-corrected chi connectivity index (χ4v) is 2.55. The Morgan fingerprint density at radius 1 is 1.19 bits per heavy atom. The molecule has 0 aliphatic rings. The fourth-order valence-electron chi connectivity index (χ4n) is 2.15. The van der Waals surface area contributed by atoms with Crippen LogP contribution in [0.15, 0.2) is 45.3 Å². The molecule has 1 aromatic heterocycles. The van der Waals surface area contributed by atoms with E-state index in [2.05, 4.69) is 20.9 Å². The van der Waals surface area contributed by atoms with Crippen molar-refractivity contribution in [3.63, 3.8) is 0 Å². The quantitative estimate of drug-likeness (QED) is 0.769. The molecule has 0 amide bonds. The van der Waals surface area contributed by atoms with E-state index < -0.39 is 17.7 Å². The molecular weight excluding hydrogens is 344 g/mol. The van der Waals surface area contributed by atoms with Crippen LogP contribution < -0.4 is 0 Å². The Labute approximate surface area is 127 Å². The Kier molecular flexibility index (Phi) is 3.73. The summed E-state index contributed by atoms with van der Waals surface area (Å²) in [6.07, 6.45) is -1.48. The zero-order valence-electron chi connectivity index (χ0n) is 10.7. The topological polar surface area (TPSA) is 46.3 Å². The number of fused-ring (bicyclic) bond motifs is 1. The standard InChI is InChI=1S/C15H10BrF2NO2/c16-8-5-9(17)15(10(18)6-8)12(20)7-14-19-11-3-1-2-4-13(11)21-14/h1-6,12,20H,7H2. The second kappa shape index (κ2) is 5.54. The first-order valence-electron chi connectivity index (χ1n) is 6.21. The highest BCUT2D eigenvalue weighted by molar-refractivity contribution is 9.10. The van der Waals surface area contributed by atoms with Gasteiger partial charge in [0, 0.05) is 4.47 Å². The van der Waals surface area contributed by atoms with Gasteiger partial charge in [0.25, 0.3) is 0 Å². The number of aromatic nitrogens is 1. The molecule has 6 heteroatoms. The highest BCUT2D eigenvalue weighted by Gasteiger charge is 2.21. The largest absolute Gasteiger partial charge is 0.441 e. The third-order valence-electron chi connectivity index (χ3n) is 3.08. The highest BCUT2D eigenvalue weighted by atomic mass is 79.9. The van der Waals surface area contributed by atoms with Crippen molar-refractivity contribution in [2.24, 2.45) is 0 Å². The predicted molar refractivity (Wildman–Crippen MR) is 76.7 cm³/mol. The Balaban J connectivity index is 1.91. The molecule has 1 N–H and O–H groups in total. The molecule has 0 aliphatic carbocycles. The van der Waals surface area contributed by atoms with E-state index in [1.807, 2.05) is 0 Å². The molecule has 0 spiro atoms. The number of hydrogen-bond donors (Lipinski definition) is 1. The average molecular weight is 354 g/mol. The summed E-state index contributed by atoms with van der Waals surface area (Å²) in [6, 6.07) is 9.30. The van der Waals surface area contributed by atoms with E-state index in [-0.39, 0.29) is 22.3 Å². The number of rotatable bonds is 3. The maximum atomic E-state index is 13.8. The number of aliphatic hydroxyl groups excluding tert-OH is 1. The van der Waals surface area contributed by atoms with Crippen LogP contribution in [0.5, 0.6) is 0 Å². The van der Waals surface area contributed by atoms with E-state index in [0.717, 1.165) is 12.1 Å². The predicted octanol–water partition coefficient (Wildman–Crippen LogP) is 4.14. The van der Waals surface area contributed by atoms with Crippen LogP contribution in [0, 0.1) is 11.6 Å². The van der Waals surface area contributed by atoms with Crippen LogP contribution in [0.2, 0.25) is 0 Å². The number of nitrogens with zero attached hydrogens (tertiary/aromatic N) is 1. The summed E-state index contributed by atoms with van der Waals surface area (Å²) >= 11 is 2.99. The summed E-state index contributed by atoms with van der Waals surface area (Å²) < 4.78 is 33.3. The van der Waals surface area contributed by atoms with Gasteiger partial charge in [0.05, 0.1) is 18.1 Å². The van der Waals surface area contributed by atoms with Crippen molar-refractivity contribution in [1.82, 2.24) is 4.98 Å². The first-order chi connectivity index (χ1) is 10.0. The summed E-state index contributed by atoms with van der Waals surface area (Å²) in [5.41, 5.74) is 0.813. The molecule has 21 heavy (non-hydrogen) atoms. The first-order valence-corrected chi connectivity index (χ1v) is 7.01. The molecule has 0 saturated heterocycles. The Morgan fingerprint density at radius 3 is 2.52 bits per heavy atom. The summed E-state index contributed by atoms with van der Waals surface area (Å²) in [6.45, 7) is 0. The van der Waals surface area contributed by atoms with Gasteiger partial charge in [0.15, 0.2) is 11.5 Å².